The lowest BCUT2D eigenvalue weighted by Gasteiger charge is -2.18. The van der Waals surface area contributed by atoms with E-state index in [9.17, 15) is 19.2 Å². The number of aromatic nitrogens is 3. The van der Waals surface area contributed by atoms with Crippen LogP contribution in [0.3, 0.4) is 0 Å². The molecule has 3 aromatic rings. The fourth-order valence-electron chi connectivity index (χ4n) is 3.96. The molecule has 0 aliphatic carbocycles. The number of hydrogen-bond acceptors (Lipinski definition) is 5. The van der Waals surface area contributed by atoms with Gasteiger partial charge >= 0.3 is 11.7 Å². The maximum Gasteiger partial charge on any atom is 0.330 e. The van der Waals surface area contributed by atoms with Crippen molar-refractivity contribution in [1.82, 2.24) is 19.4 Å². The van der Waals surface area contributed by atoms with Crippen LogP contribution in [0, 0.1) is 0 Å². The lowest BCUT2D eigenvalue weighted by Crippen LogP contribution is -2.42. The van der Waals surface area contributed by atoms with Crippen LogP contribution in [0.5, 0.6) is 0 Å². The minimum Gasteiger partial charge on any atom is -0.467 e. The van der Waals surface area contributed by atoms with Crippen LogP contribution in [0.4, 0.5) is 0 Å². The SMILES string of the molecule is CCc1c(-c2[nH]c3ccccc3c2CC(NC(C)=O)C(=O)OC)c(=O)n(C)c(=O)n1C. The molecule has 2 heterocycles. The number of esters is 1. The minimum absolute atomic E-state index is 0.112. The standard InChI is InChI=1S/C22H26N4O5/c1-6-17-18(20(28)26(4)22(30)25(17)3)19-14(13-9-7-8-10-15(13)24-19)11-16(21(29)31-5)23-12(2)27/h7-10,16,24H,6,11H2,1-5H3,(H,23,27). The molecule has 1 amide bonds. The number of H-pyrrole nitrogens is 1. The Bertz CT molecular complexity index is 1280. The first-order valence-electron chi connectivity index (χ1n) is 9.94. The number of carbonyl (C=O) groups excluding carboxylic acids is 2. The first-order chi connectivity index (χ1) is 14.7. The largest absolute Gasteiger partial charge is 0.467 e. The molecule has 164 valence electrons. The Kier molecular flexibility index (Phi) is 6.14. The number of methoxy groups -OCH3 is 1. The minimum atomic E-state index is -0.929. The van der Waals surface area contributed by atoms with Gasteiger partial charge in [-0.25, -0.2) is 9.59 Å². The maximum absolute atomic E-state index is 13.2. The summed E-state index contributed by atoms with van der Waals surface area (Å²) in [6.07, 6.45) is 0.568. The summed E-state index contributed by atoms with van der Waals surface area (Å²) >= 11 is 0. The number of para-hydroxylation sites is 1. The molecule has 1 aromatic carbocycles. The van der Waals surface area contributed by atoms with E-state index >= 15 is 0 Å². The van der Waals surface area contributed by atoms with E-state index in [1.54, 1.807) is 7.05 Å². The van der Waals surface area contributed by atoms with Crippen molar-refractivity contribution in [3.8, 4) is 11.3 Å². The third kappa shape index (κ3) is 3.90. The van der Waals surface area contributed by atoms with Gasteiger partial charge in [-0.3, -0.25) is 18.7 Å². The zero-order valence-corrected chi connectivity index (χ0v) is 18.2. The summed E-state index contributed by atoms with van der Waals surface area (Å²) in [7, 11) is 4.32. The van der Waals surface area contributed by atoms with Crippen molar-refractivity contribution in [2.75, 3.05) is 7.11 Å². The van der Waals surface area contributed by atoms with Gasteiger partial charge in [-0.1, -0.05) is 25.1 Å². The van der Waals surface area contributed by atoms with Gasteiger partial charge in [0.05, 0.1) is 18.4 Å². The zero-order valence-electron chi connectivity index (χ0n) is 18.2. The van der Waals surface area contributed by atoms with Crippen LogP contribution < -0.4 is 16.6 Å². The number of nitrogens with zero attached hydrogens (tertiary/aromatic N) is 2. The first kappa shape index (κ1) is 22.1. The first-order valence-corrected chi connectivity index (χ1v) is 9.94. The van der Waals surface area contributed by atoms with Gasteiger partial charge in [0, 0.05) is 44.0 Å². The number of benzene rings is 1. The molecule has 1 unspecified atom stereocenters. The highest BCUT2D eigenvalue weighted by molar-refractivity contribution is 5.92. The Morgan fingerprint density at radius 3 is 2.45 bits per heavy atom. The quantitative estimate of drug-likeness (QED) is 0.571. The number of fused-ring (bicyclic) bond motifs is 1. The van der Waals surface area contributed by atoms with E-state index < -0.39 is 23.3 Å². The van der Waals surface area contributed by atoms with Gasteiger partial charge in [-0.15, -0.1) is 0 Å². The Hall–Kier alpha value is -3.62. The molecule has 0 radical (unpaired) electrons. The van der Waals surface area contributed by atoms with Gasteiger partial charge in [-0.2, -0.15) is 0 Å². The highest BCUT2D eigenvalue weighted by Crippen LogP contribution is 2.31. The van der Waals surface area contributed by atoms with Crippen molar-refractivity contribution < 1.29 is 14.3 Å². The summed E-state index contributed by atoms with van der Waals surface area (Å²) in [6, 6.07) is 6.53. The molecule has 31 heavy (non-hydrogen) atoms. The number of hydrogen-bond donors (Lipinski definition) is 2. The molecule has 0 bridgehead atoms. The van der Waals surface area contributed by atoms with Crippen LogP contribution in [0.1, 0.15) is 25.1 Å². The van der Waals surface area contributed by atoms with Crippen molar-refractivity contribution in [3.05, 3.63) is 56.4 Å². The molecule has 2 aromatic heterocycles. The summed E-state index contributed by atoms with van der Waals surface area (Å²) in [5.74, 6) is -0.959. The number of aromatic amines is 1. The second kappa shape index (κ2) is 8.63. The van der Waals surface area contributed by atoms with Crippen LogP contribution in [-0.4, -0.2) is 39.1 Å². The fraction of sp³-hybridized carbons (Fsp3) is 0.364. The number of carbonyl (C=O) groups is 2. The predicted molar refractivity (Wildman–Crippen MR) is 117 cm³/mol. The van der Waals surface area contributed by atoms with Crippen molar-refractivity contribution in [3.63, 3.8) is 0 Å². The van der Waals surface area contributed by atoms with Crippen molar-refractivity contribution >= 4 is 22.8 Å². The molecule has 9 heteroatoms. The molecule has 1 atom stereocenters. The van der Waals surface area contributed by atoms with E-state index in [0.29, 0.717) is 28.9 Å². The molecule has 0 saturated heterocycles. The molecule has 0 saturated carbocycles. The summed E-state index contributed by atoms with van der Waals surface area (Å²) in [4.78, 5) is 52.9. The highest BCUT2D eigenvalue weighted by Gasteiger charge is 2.27. The van der Waals surface area contributed by atoms with Crippen LogP contribution >= 0.6 is 0 Å². The van der Waals surface area contributed by atoms with Crippen molar-refractivity contribution in [2.45, 2.75) is 32.7 Å². The van der Waals surface area contributed by atoms with Crippen LogP contribution in [-0.2, 0) is 41.3 Å². The van der Waals surface area contributed by atoms with Gasteiger partial charge < -0.3 is 15.0 Å². The fourth-order valence-corrected chi connectivity index (χ4v) is 3.96. The van der Waals surface area contributed by atoms with Gasteiger partial charge in [0.15, 0.2) is 0 Å². The molecule has 2 N–H and O–H groups in total. The summed E-state index contributed by atoms with van der Waals surface area (Å²) in [6.45, 7) is 3.19. The molecule has 0 aliphatic heterocycles. The molecular weight excluding hydrogens is 400 g/mol. The highest BCUT2D eigenvalue weighted by atomic mass is 16.5. The zero-order chi connectivity index (χ0) is 22.9. The Morgan fingerprint density at radius 2 is 1.84 bits per heavy atom. The third-order valence-electron chi connectivity index (χ3n) is 5.46. The monoisotopic (exact) mass is 426 g/mol. The molecule has 9 nitrogen and oxygen atoms in total. The Morgan fingerprint density at radius 1 is 1.16 bits per heavy atom. The summed E-state index contributed by atoms with van der Waals surface area (Å²) < 4.78 is 7.39. The number of rotatable bonds is 6. The second-order valence-corrected chi connectivity index (χ2v) is 7.39. The van der Waals surface area contributed by atoms with E-state index in [4.69, 9.17) is 4.74 Å². The lowest BCUT2D eigenvalue weighted by atomic mass is 9.97. The maximum atomic E-state index is 13.2. The molecule has 3 rings (SSSR count). The molecule has 0 fully saturated rings. The predicted octanol–water partition coefficient (Wildman–Crippen LogP) is 1.01. The van der Waals surface area contributed by atoms with E-state index in [0.717, 1.165) is 15.5 Å². The Balaban J connectivity index is 2.34. The number of nitrogens with one attached hydrogen (secondary N) is 2. The topological polar surface area (TPSA) is 115 Å². The summed E-state index contributed by atoms with van der Waals surface area (Å²) in [5, 5.41) is 3.44. The average Bonchev–Trinajstić information content (AvgIpc) is 3.11. The summed E-state index contributed by atoms with van der Waals surface area (Å²) in [5.41, 5.74) is 2.09. The van der Waals surface area contributed by atoms with Crippen molar-refractivity contribution in [2.24, 2.45) is 14.1 Å². The second-order valence-electron chi connectivity index (χ2n) is 7.39. The Labute approximate surface area is 178 Å². The van der Waals surface area contributed by atoms with Crippen LogP contribution in [0.2, 0.25) is 0 Å². The smallest absolute Gasteiger partial charge is 0.330 e. The molecule has 0 aliphatic rings. The van der Waals surface area contributed by atoms with Crippen LogP contribution in [0.15, 0.2) is 33.9 Å². The van der Waals surface area contributed by atoms with E-state index in [1.165, 1.54) is 25.6 Å². The van der Waals surface area contributed by atoms with Crippen molar-refractivity contribution in [1.29, 1.82) is 0 Å². The molecule has 0 spiro atoms. The van der Waals surface area contributed by atoms with Gasteiger partial charge in [0.25, 0.3) is 5.56 Å². The van der Waals surface area contributed by atoms with E-state index in [1.807, 2.05) is 31.2 Å². The number of ether oxygens (including phenoxy) is 1. The third-order valence-corrected chi connectivity index (χ3v) is 5.46. The van der Waals surface area contributed by atoms with Gasteiger partial charge in [-0.05, 0) is 18.1 Å². The average molecular weight is 426 g/mol. The van der Waals surface area contributed by atoms with Gasteiger partial charge in [0.1, 0.15) is 6.04 Å². The van der Waals surface area contributed by atoms with Crippen LogP contribution in [0.25, 0.3) is 22.2 Å². The molecular formula is C22H26N4O5. The number of amides is 1. The van der Waals surface area contributed by atoms with Gasteiger partial charge in [0.2, 0.25) is 5.91 Å². The normalized spacial score (nSPS) is 12.0. The van der Waals surface area contributed by atoms with E-state index in [2.05, 4.69) is 10.3 Å². The lowest BCUT2D eigenvalue weighted by molar-refractivity contribution is -0.144. The van der Waals surface area contributed by atoms with E-state index in [-0.39, 0.29) is 12.3 Å².